The molecule has 14 nitrogen and oxygen atoms in total. The first-order valence-corrected chi connectivity index (χ1v) is 13.7. The molecule has 0 amide bonds. The molecule has 0 aliphatic heterocycles. The number of hydrogen-bond donors (Lipinski definition) is 4. The summed E-state index contributed by atoms with van der Waals surface area (Å²) in [6.45, 7) is 0. The van der Waals surface area contributed by atoms with E-state index in [0.29, 0.717) is 26.8 Å². The van der Waals surface area contributed by atoms with Crippen LogP contribution in [0.1, 0.15) is 0 Å². The minimum atomic E-state index is -1.70. The Morgan fingerprint density at radius 2 is 1.24 bits per heavy atom. The van der Waals surface area contributed by atoms with Crippen molar-refractivity contribution in [2.24, 2.45) is 14.1 Å². The van der Waals surface area contributed by atoms with E-state index in [1.54, 1.807) is 35.6 Å². The van der Waals surface area contributed by atoms with Crippen molar-refractivity contribution in [3.05, 3.63) is 109 Å². The van der Waals surface area contributed by atoms with Crippen molar-refractivity contribution in [3.63, 3.8) is 0 Å². The van der Waals surface area contributed by atoms with Crippen LogP contribution in [0.3, 0.4) is 0 Å². The first-order valence-electron chi connectivity index (χ1n) is 12.9. The van der Waals surface area contributed by atoms with Crippen molar-refractivity contribution in [1.82, 2.24) is 19.6 Å². The Labute approximate surface area is 265 Å². The van der Waals surface area contributed by atoms with Gasteiger partial charge in [0.05, 0.1) is 20.9 Å². The van der Waals surface area contributed by atoms with E-state index in [2.05, 4.69) is 26.1 Å². The maximum absolute atomic E-state index is 13.5. The largest absolute Gasteiger partial charge is 0.505 e. The molecule has 0 saturated carbocycles. The molecule has 0 radical (unpaired) electrons. The van der Waals surface area contributed by atoms with Crippen molar-refractivity contribution < 1.29 is 38.9 Å². The molecule has 0 atom stereocenters. The highest BCUT2D eigenvalue weighted by molar-refractivity contribution is 9.10. The van der Waals surface area contributed by atoms with Crippen LogP contribution in [0.15, 0.2) is 77.4 Å². The van der Waals surface area contributed by atoms with Gasteiger partial charge < -0.3 is 20.3 Å². The number of nitrogens with zero attached hydrogens (tertiary/aromatic N) is 6. The second-order valence-corrected chi connectivity index (χ2v) is 10.3. The number of phenols is 2. The number of aryl methyl sites for hydroxylation is 2. The molecule has 18 heteroatoms. The average molecular weight is 699 g/mol. The highest BCUT2D eigenvalue weighted by Gasteiger charge is 2.17. The summed E-state index contributed by atoms with van der Waals surface area (Å²) < 4.78 is 29.8. The fourth-order valence-electron chi connectivity index (χ4n) is 4.24. The highest BCUT2D eigenvalue weighted by Crippen LogP contribution is 2.32. The third-order valence-corrected chi connectivity index (χ3v) is 7.12. The van der Waals surface area contributed by atoms with Crippen LogP contribution in [0, 0.1) is 31.9 Å². The van der Waals surface area contributed by atoms with Gasteiger partial charge in [-0.1, -0.05) is 6.07 Å². The molecule has 0 aliphatic carbocycles. The molecule has 6 aromatic rings. The second kappa shape index (κ2) is 13.7. The van der Waals surface area contributed by atoms with Gasteiger partial charge in [-0.3, -0.25) is 29.6 Å². The van der Waals surface area contributed by atoms with Crippen LogP contribution in [-0.2, 0) is 14.1 Å². The van der Waals surface area contributed by atoms with E-state index in [1.807, 2.05) is 0 Å². The Kier molecular flexibility index (Phi) is 9.94. The Hall–Kier alpha value is -5.46. The van der Waals surface area contributed by atoms with Gasteiger partial charge in [-0.25, -0.2) is 8.78 Å². The Bertz CT molecular complexity index is 2110. The molecule has 2 heterocycles. The van der Waals surface area contributed by atoms with Gasteiger partial charge in [-0.2, -0.15) is 10.2 Å². The van der Waals surface area contributed by atoms with Crippen LogP contribution in [0.4, 0.5) is 20.2 Å². The lowest BCUT2D eigenvalue weighted by atomic mass is 9.80. The molecule has 0 saturated heterocycles. The number of phenolic OH excluding ortho intramolecular Hbond substituents is 2. The lowest BCUT2D eigenvalue weighted by molar-refractivity contribution is -0.384. The molecule has 0 spiro atoms. The summed E-state index contributed by atoms with van der Waals surface area (Å²) in [4.78, 5) is 20.5. The zero-order valence-corrected chi connectivity index (χ0v) is 25.3. The number of aromatic hydroxyl groups is 2. The quantitative estimate of drug-likeness (QED) is 0.116. The summed E-state index contributed by atoms with van der Waals surface area (Å²) in [5.74, 6) is -2.59. The third kappa shape index (κ3) is 7.25. The van der Waals surface area contributed by atoms with Crippen LogP contribution in [0.5, 0.6) is 11.5 Å². The molecule has 4 aromatic carbocycles. The topological polar surface area (TPSA) is 203 Å². The van der Waals surface area contributed by atoms with Crippen molar-refractivity contribution in [2.75, 3.05) is 0 Å². The maximum atomic E-state index is 13.5. The minimum Gasteiger partial charge on any atom is -0.505 e. The SMILES string of the molecule is Cn1nc(-c2ccc(O)c(F)c2)c2cc([N+](=O)[O-])ccc21.Cn1nc(Br)c2cc([N+](=O)[O-])ccc21.OB(O)c1ccc(O)c(F)c1. The third-order valence-electron chi connectivity index (χ3n) is 6.54. The maximum Gasteiger partial charge on any atom is 0.488 e. The number of fused-ring (bicyclic) bond motifs is 2. The predicted molar refractivity (Wildman–Crippen MR) is 167 cm³/mol. The van der Waals surface area contributed by atoms with Gasteiger partial charge in [0, 0.05) is 54.7 Å². The van der Waals surface area contributed by atoms with Gasteiger partial charge in [0.25, 0.3) is 11.4 Å². The Balaban J connectivity index is 0.000000167. The van der Waals surface area contributed by atoms with Gasteiger partial charge >= 0.3 is 7.12 Å². The Morgan fingerprint density at radius 1 is 0.739 bits per heavy atom. The number of hydrogen-bond acceptors (Lipinski definition) is 10. The number of nitro benzene ring substituents is 2. The predicted octanol–water partition coefficient (Wildman–Crippen LogP) is 4.45. The minimum absolute atomic E-state index is 0.0142. The standard InChI is InChI=1S/C14H10FN3O3.C8H6BrN3O2.C6H6BFO3/c1-17-12-4-3-9(18(20)21)7-10(12)14(16-17)8-2-5-13(19)11(15)6-8;1-11-7-3-2-5(12(13)14)4-6(7)8(9)10-11;8-5-3-4(7(10)11)1-2-6(5)9/h2-7,19H,1H3;2-4H,1H3;1-3,9-11H. The molecular weight excluding hydrogens is 677 g/mol. The molecule has 6 rings (SSSR count). The zero-order chi connectivity index (χ0) is 33.9. The van der Waals surface area contributed by atoms with E-state index >= 15 is 0 Å². The van der Waals surface area contributed by atoms with E-state index in [9.17, 15) is 34.1 Å². The molecule has 236 valence electrons. The van der Waals surface area contributed by atoms with Crippen LogP contribution in [0.2, 0.25) is 0 Å². The van der Waals surface area contributed by atoms with Crippen LogP contribution in [0.25, 0.3) is 33.1 Å². The van der Waals surface area contributed by atoms with Gasteiger partial charge in [0.1, 0.15) is 10.3 Å². The number of halogens is 3. The summed E-state index contributed by atoms with van der Waals surface area (Å²) in [5.41, 5.74) is 2.46. The van der Waals surface area contributed by atoms with Crippen molar-refractivity contribution in [2.45, 2.75) is 0 Å². The molecule has 0 fully saturated rings. The van der Waals surface area contributed by atoms with Crippen molar-refractivity contribution in [1.29, 1.82) is 0 Å². The fraction of sp³-hybridized carbons (Fsp3) is 0.0714. The summed E-state index contributed by atoms with van der Waals surface area (Å²) >= 11 is 3.25. The lowest BCUT2D eigenvalue weighted by Crippen LogP contribution is -2.29. The summed E-state index contributed by atoms with van der Waals surface area (Å²) in [6, 6.07) is 16.1. The van der Waals surface area contributed by atoms with Crippen molar-refractivity contribution >= 4 is 61.7 Å². The number of benzene rings is 4. The molecule has 4 N–H and O–H groups in total. The Morgan fingerprint density at radius 3 is 1.76 bits per heavy atom. The van der Waals surface area contributed by atoms with E-state index < -0.39 is 40.1 Å². The molecule has 2 aromatic heterocycles. The smallest absolute Gasteiger partial charge is 0.488 e. The van der Waals surface area contributed by atoms with Gasteiger partial charge in [0.15, 0.2) is 23.1 Å². The van der Waals surface area contributed by atoms with Gasteiger partial charge in [0.2, 0.25) is 0 Å². The second-order valence-electron chi connectivity index (χ2n) is 9.55. The number of rotatable bonds is 4. The van der Waals surface area contributed by atoms with Crippen LogP contribution in [-0.4, -0.2) is 56.8 Å². The monoisotopic (exact) mass is 698 g/mol. The molecular formula is C28H22BBrF2N6O8. The summed E-state index contributed by atoms with van der Waals surface area (Å²) in [7, 11) is 1.79. The van der Waals surface area contributed by atoms with Crippen LogP contribution >= 0.6 is 15.9 Å². The highest BCUT2D eigenvalue weighted by atomic mass is 79.9. The zero-order valence-electron chi connectivity index (χ0n) is 23.7. The lowest BCUT2D eigenvalue weighted by Gasteiger charge is -2.00. The normalized spacial score (nSPS) is 10.6. The van der Waals surface area contributed by atoms with E-state index in [0.717, 1.165) is 29.1 Å². The fourth-order valence-corrected chi connectivity index (χ4v) is 4.80. The average Bonchev–Trinajstić information content (AvgIpc) is 3.50. The first kappa shape index (κ1) is 33.4. The number of aromatic nitrogens is 4. The molecule has 0 unspecified atom stereocenters. The van der Waals surface area contributed by atoms with Gasteiger partial charge in [-0.05, 0) is 63.9 Å². The van der Waals surface area contributed by atoms with Crippen molar-refractivity contribution in [3.8, 4) is 22.8 Å². The van der Waals surface area contributed by atoms with E-state index in [4.69, 9.17) is 15.2 Å². The first-order chi connectivity index (χ1) is 21.7. The number of non-ortho nitro benzene ring substituents is 2. The van der Waals surface area contributed by atoms with Crippen LogP contribution < -0.4 is 5.46 Å². The molecule has 0 bridgehead atoms. The van der Waals surface area contributed by atoms with Gasteiger partial charge in [-0.15, -0.1) is 0 Å². The number of nitro groups is 2. The molecule has 46 heavy (non-hydrogen) atoms. The summed E-state index contributed by atoms with van der Waals surface area (Å²) in [6.07, 6.45) is 0. The van der Waals surface area contributed by atoms with E-state index in [-0.39, 0.29) is 16.8 Å². The molecule has 0 aliphatic rings. The summed E-state index contributed by atoms with van der Waals surface area (Å²) in [5, 5.41) is 66.1. The van der Waals surface area contributed by atoms with E-state index in [1.165, 1.54) is 42.5 Å².